The summed E-state index contributed by atoms with van der Waals surface area (Å²) in [5.41, 5.74) is 1.53. The van der Waals surface area contributed by atoms with E-state index in [4.69, 9.17) is 10.00 Å². The van der Waals surface area contributed by atoms with Crippen molar-refractivity contribution in [1.82, 2.24) is 15.5 Å². The molecule has 0 bridgehead atoms. The largest absolute Gasteiger partial charge is 0.385 e. The maximum Gasteiger partial charge on any atom is 0.271 e. The Balaban J connectivity index is 1.93. The number of ether oxygens (including phenoxy) is 1. The highest BCUT2D eigenvalue weighted by Gasteiger charge is 2.07. The summed E-state index contributed by atoms with van der Waals surface area (Å²) in [5, 5.41) is 22.5. The molecule has 0 unspecified atom stereocenters. The molecule has 0 aliphatic carbocycles. The zero-order valence-corrected chi connectivity index (χ0v) is 12.7. The van der Waals surface area contributed by atoms with Gasteiger partial charge in [0.1, 0.15) is 0 Å². The highest BCUT2D eigenvalue weighted by Crippen LogP contribution is 2.15. The van der Waals surface area contributed by atoms with Crippen LogP contribution in [0.2, 0.25) is 0 Å². The van der Waals surface area contributed by atoms with Crippen LogP contribution in [0.1, 0.15) is 22.5 Å². The van der Waals surface area contributed by atoms with Crippen LogP contribution in [0.5, 0.6) is 0 Å². The Bertz CT molecular complexity index is 694. The molecule has 0 radical (unpaired) electrons. The summed E-state index contributed by atoms with van der Waals surface area (Å²) >= 11 is 0. The number of hydrogen-bond donors (Lipinski definition) is 2. The van der Waals surface area contributed by atoms with E-state index >= 15 is 0 Å². The lowest BCUT2D eigenvalue weighted by Crippen LogP contribution is -2.26. The fraction of sp³-hybridized carbons (Fsp3) is 0.250. The molecule has 7 heteroatoms. The Morgan fingerprint density at radius 1 is 1.30 bits per heavy atom. The van der Waals surface area contributed by atoms with E-state index in [1.165, 1.54) is 0 Å². The molecule has 1 heterocycles. The van der Waals surface area contributed by atoms with E-state index in [2.05, 4.69) is 26.9 Å². The van der Waals surface area contributed by atoms with Crippen molar-refractivity contribution in [2.24, 2.45) is 0 Å². The highest BCUT2D eigenvalue weighted by atomic mass is 16.5. The zero-order valence-electron chi connectivity index (χ0n) is 12.7. The second-order valence-corrected chi connectivity index (χ2v) is 4.72. The third-order valence-corrected chi connectivity index (χ3v) is 2.97. The van der Waals surface area contributed by atoms with Crippen molar-refractivity contribution < 1.29 is 9.53 Å². The number of carbonyl (C=O) groups is 1. The van der Waals surface area contributed by atoms with Crippen LogP contribution in [0.3, 0.4) is 0 Å². The van der Waals surface area contributed by atoms with Crippen molar-refractivity contribution >= 4 is 17.4 Å². The maximum atomic E-state index is 11.9. The third kappa shape index (κ3) is 5.05. The van der Waals surface area contributed by atoms with Gasteiger partial charge in [0.05, 0.1) is 11.6 Å². The Morgan fingerprint density at radius 3 is 2.87 bits per heavy atom. The quantitative estimate of drug-likeness (QED) is 0.757. The molecule has 0 saturated carbocycles. The Kier molecular flexibility index (Phi) is 6.03. The molecule has 2 rings (SSSR count). The van der Waals surface area contributed by atoms with Crippen molar-refractivity contribution in [3.8, 4) is 6.07 Å². The van der Waals surface area contributed by atoms with Crippen LogP contribution < -0.4 is 10.6 Å². The molecule has 0 spiro atoms. The van der Waals surface area contributed by atoms with E-state index in [1.807, 2.05) is 6.07 Å². The summed E-state index contributed by atoms with van der Waals surface area (Å²) in [5.74, 6) is 0.225. The summed E-state index contributed by atoms with van der Waals surface area (Å²) in [6, 6.07) is 12.3. The van der Waals surface area contributed by atoms with Crippen molar-refractivity contribution in [1.29, 1.82) is 5.26 Å². The fourth-order valence-corrected chi connectivity index (χ4v) is 1.84. The number of nitrogens with zero attached hydrogens (tertiary/aromatic N) is 3. The van der Waals surface area contributed by atoms with Gasteiger partial charge in [-0.15, -0.1) is 10.2 Å². The molecule has 0 saturated heterocycles. The standard InChI is InChI=1S/C16H17N5O2/c1-23-9-3-8-18-16(22)14-6-7-15(21-20-14)19-13-5-2-4-12(10-13)11-17/h2,4-7,10H,3,8-9H2,1H3,(H,18,22)(H,19,21). The SMILES string of the molecule is COCCCNC(=O)c1ccc(Nc2cccc(C#N)c2)nn1. The monoisotopic (exact) mass is 311 g/mol. The van der Waals surface area contributed by atoms with Crippen LogP contribution in [-0.2, 0) is 4.74 Å². The van der Waals surface area contributed by atoms with Gasteiger partial charge in [-0.25, -0.2) is 0 Å². The molecule has 0 aliphatic heterocycles. The molecule has 118 valence electrons. The molecular formula is C16H17N5O2. The number of amides is 1. The van der Waals surface area contributed by atoms with E-state index in [-0.39, 0.29) is 11.6 Å². The van der Waals surface area contributed by atoms with E-state index in [0.29, 0.717) is 24.5 Å². The predicted octanol–water partition coefficient (Wildman–Crippen LogP) is 1.86. The lowest BCUT2D eigenvalue weighted by atomic mass is 10.2. The number of nitriles is 1. The van der Waals surface area contributed by atoms with Gasteiger partial charge in [-0.2, -0.15) is 5.26 Å². The fourth-order valence-electron chi connectivity index (χ4n) is 1.84. The normalized spacial score (nSPS) is 9.91. The molecule has 0 fully saturated rings. The first kappa shape index (κ1) is 16.4. The van der Waals surface area contributed by atoms with Crippen molar-refractivity contribution in [3.05, 3.63) is 47.7 Å². The van der Waals surface area contributed by atoms with Gasteiger partial charge in [0, 0.05) is 25.9 Å². The number of hydrogen-bond acceptors (Lipinski definition) is 6. The first-order valence-electron chi connectivity index (χ1n) is 7.11. The topological polar surface area (TPSA) is 99.9 Å². The van der Waals surface area contributed by atoms with Crippen molar-refractivity contribution in [2.75, 3.05) is 25.6 Å². The summed E-state index contributed by atoms with van der Waals surface area (Å²) in [6.45, 7) is 1.12. The predicted molar refractivity (Wildman–Crippen MR) is 85.3 cm³/mol. The second kappa shape index (κ2) is 8.46. The average Bonchev–Trinajstić information content (AvgIpc) is 2.59. The van der Waals surface area contributed by atoms with Crippen LogP contribution in [0.4, 0.5) is 11.5 Å². The Labute approximate surface area is 134 Å². The molecule has 1 aromatic heterocycles. The molecule has 2 aromatic rings. The zero-order chi connectivity index (χ0) is 16.5. The van der Waals surface area contributed by atoms with E-state index < -0.39 is 0 Å². The van der Waals surface area contributed by atoms with E-state index in [0.717, 1.165) is 12.1 Å². The van der Waals surface area contributed by atoms with Gasteiger partial charge in [-0.05, 0) is 36.8 Å². The molecule has 7 nitrogen and oxygen atoms in total. The first-order valence-corrected chi connectivity index (χ1v) is 7.11. The van der Waals surface area contributed by atoms with Crippen LogP contribution in [0.25, 0.3) is 0 Å². The minimum Gasteiger partial charge on any atom is -0.385 e. The van der Waals surface area contributed by atoms with Crippen molar-refractivity contribution in [3.63, 3.8) is 0 Å². The highest BCUT2D eigenvalue weighted by molar-refractivity contribution is 5.92. The van der Waals surface area contributed by atoms with Gasteiger partial charge in [-0.1, -0.05) is 6.07 Å². The smallest absolute Gasteiger partial charge is 0.271 e. The molecule has 1 amide bonds. The lowest BCUT2D eigenvalue weighted by molar-refractivity contribution is 0.0942. The third-order valence-electron chi connectivity index (χ3n) is 2.97. The van der Waals surface area contributed by atoms with Gasteiger partial charge in [-0.3, -0.25) is 4.79 Å². The van der Waals surface area contributed by atoms with E-state index in [1.54, 1.807) is 37.4 Å². The number of aromatic nitrogens is 2. The molecule has 23 heavy (non-hydrogen) atoms. The van der Waals surface area contributed by atoms with Crippen LogP contribution in [-0.4, -0.2) is 36.4 Å². The van der Waals surface area contributed by atoms with Crippen LogP contribution >= 0.6 is 0 Å². The van der Waals surface area contributed by atoms with Gasteiger partial charge in [0.2, 0.25) is 0 Å². The summed E-state index contributed by atoms with van der Waals surface area (Å²) < 4.78 is 4.91. The second-order valence-electron chi connectivity index (χ2n) is 4.72. The Hall–Kier alpha value is -2.98. The summed E-state index contributed by atoms with van der Waals surface area (Å²) in [7, 11) is 1.62. The van der Waals surface area contributed by atoms with Gasteiger partial charge >= 0.3 is 0 Å². The average molecular weight is 311 g/mol. The minimum absolute atomic E-state index is 0.249. The number of anilines is 2. The molecular weight excluding hydrogens is 294 g/mol. The molecule has 0 atom stereocenters. The van der Waals surface area contributed by atoms with Gasteiger partial charge in [0.25, 0.3) is 5.91 Å². The van der Waals surface area contributed by atoms with Crippen LogP contribution in [0.15, 0.2) is 36.4 Å². The lowest BCUT2D eigenvalue weighted by Gasteiger charge is -2.06. The molecule has 2 N–H and O–H groups in total. The Morgan fingerprint density at radius 2 is 2.17 bits per heavy atom. The molecule has 0 aliphatic rings. The summed E-state index contributed by atoms with van der Waals surface area (Å²) in [4.78, 5) is 11.9. The van der Waals surface area contributed by atoms with Gasteiger partial charge in [0.15, 0.2) is 11.5 Å². The number of benzene rings is 1. The van der Waals surface area contributed by atoms with Crippen molar-refractivity contribution in [2.45, 2.75) is 6.42 Å². The summed E-state index contributed by atoms with van der Waals surface area (Å²) in [6.07, 6.45) is 0.741. The minimum atomic E-state index is -0.272. The van der Waals surface area contributed by atoms with Gasteiger partial charge < -0.3 is 15.4 Å². The first-order chi connectivity index (χ1) is 11.2. The van der Waals surface area contributed by atoms with E-state index in [9.17, 15) is 4.79 Å². The number of carbonyl (C=O) groups excluding carboxylic acids is 1. The van der Waals surface area contributed by atoms with Crippen LogP contribution in [0, 0.1) is 11.3 Å². The molecule has 1 aromatic carbocycles. The number of rotatable bonds is 7. The maximum absolute atomic E-state index is 11.9. The number of nitrogens with one attached hydrogen (secondary N) is 2. The number of methoxy groups -OCH3 is 1.